The Bertz CT molecular complexity index is 1180. The van der Waals surface area contributed by atoms with Gasteiger partial charge in [0.15, 0.2) is 0 Å². The summed E-state index contributed by atoms with van der Waals surface area (Å²) in [5.41, 5.74) is 2.80. The molecule has 0 amide bonds. The van der Waals surface area contributed by atoms with Crippen molar-refractivity contribution in [3.8, 4) is 5.75 Å². The minimum Gasteiger partial charge on any atom is -0.507 e. The van der Waals surface area contributed by atoms with Crippen molar-refractivity contribution in [2.45, 2.75) is 58.4 Å². The average molecular weight is 414 g/mol. The summed E-state index contributed by atoms with van der Waals surface area (Å²) < 4.78 is 2.21. The molecular formula is C27H31N3O. The highest BCUT2D eigenvalue weighted by molar-refractivity contribution is 6.03. The van der Waals surface area contributed by atoms with Crippen molar-refractivity contribution in [3.05, 3.63) is 66.2 Å². The summed E-state index contributed by atoms with van der Waals surface area (Å²) in [5, 5.41) is 12.5. The van der Waals surface area contributed by atoms with Crippen molar-refractivity contribution in [1.82, 2.24) is 9.55 Å². The summed E-state index contributed by atoms with van der Waals surface area (Å²) in [6, 6.07) is 19.9. The van der Waals surface area contributed by atoms with Gasteiger partial charge in [-0.15, -0.1) is 0 Å². The monoisotopic (exact) mass is 413 g/mol. The van der Waals surface area contributed by atoms with Crippen LogP contribution in [-0.2, 0) is 6.54 Å². The predicted molar refractivity (Wildman–Crippen MR) is 131 cm³/mol. The molecule has 4 aromatic rings. The fraction of sp³-hybridized carbons (Fsp3) is 0.333. The standard InChI is InChI=1S/C27H31N3O/c1-2-3-4-5-6-7-12-19-30-25-16-11-10-15-24(25)29-27(30)28-20-23-22-14-9-8-13-21(22)17-18-26(23)31/h8-11,13-18,20,31H,2-7,12,19H2,1H3. The van der Waals surface area contributed by atoms with Crippen molar-refractivity contribution in [2.75, 3.05) is 0 Å². The Morgan fingerprint density at radius 1 is 0.871 bits per heavy atom. The Kier molecular flexibility index (Phi) is 6.98. The summed E-state index contributed by atoms with van der Waals surface area (Å²) in [5.74, 6) is 0.928. The van der Waals surface area contributed by atoms with Gasteiger partial charge in [-0.2, -0.15) is 0 Å². The minimum absolute atomic E-state index is 0.234. The van der Waals surface area contributed by atoms with E-state index in [9.17, 15) is 5.11 Å². The molecule has 0 atom stereocenters. The van der Waals surface area contributed by atoms with Crippen LogP contribution < -0.4 is 0 Å². The van der Waals surface area contributed by atoms with Crippen molar-refractivity contribution in [1.29, 1.82) is 0 Å². The minimum atomic E-state index is 0.234. The van der Waals surface area contributed by atoms with Gasteiger partial charge in [-0.25, -0.2) is 9.98 Å². The van der Waals surface area contributed by atoms with Crippen LogP contribution in [0.3, 0.4) is 0 Å². The molecule has 0 saturated carbocycles. The molecule has 0 aliphatic rings. The van der Waals surface area contributed by atoms with E-state index in [4.69, 9.17) is 9.98 Å². The topological polar surface area (TPSA) is 50.4 Å². The highest BCUT2D eigenvalue weighted by atomic mass is 16.3. The molecule has 0 fully saturated rings. The molecule has 1 aromatic heterocycles. The van der Waals surface area contributed by atoms with E-state index in [0.717, 1.165) is 40.3 Å². The first-order valence-electron chi connectivity index (χ1n) is 11.5. The lowest BCUT2D eigenvalue weighted by molar-refractivity contribution is 0.475. The van der Waals surface area contributed by atoms with E-state index in [-0.39, 0.29) is 5.75 Å². The highest BCUT2D eigenvalue weighted by Crippen LogP contribution is 2.27. The van der Waals surface area contributed by atoms with Crippen LogP contribution >= 0.6 is 0 Å². The molecular weight excluding hydrogens is 382 g/mol. The van der Waals surface area contributed by atoms with E-state index in [2.05, 4.69) is 23.6 Å². The number of aliphatic imine (C=N–C) groups is 1. The largest absolute Gasteiger partial charge is 0.507 e. The number of imidazole rings is 1. The molecule has 160 valence electrons. The SMILES string of the molecule is CCCCCCCCCn1c(N=Cc2c(O)ccc3ccccc23)nc2ccccc21. The lowest BCUT2D eigenvalue weighted by Crippen LogP contribution is -1.98. The third-order valence-electron chi connectivity index (χ3n) is 5.88. The van der Waals surface area contributed by atoms with Crippen LogP contribution in [0, 0.1) is 0 Å². The van der Waals surface area contributed by atoms with Crippen molar-refractivity contribution in [2.24, 2.45) is 4.99 Å². The number of phenols is 1. The number of nitrogens with zero attached hydrogens (tertiary/aromatic N) is 3. The summed E-state index contributed by atoms with van der Waals surface area (Å²) in [6.07, 6.45) is 10.7. The van der Waals surface area contributed by atoms with E-state index < -0.39 is 0 Å². The average Bonchev–Trinajstić information content (AvgIpc) is 3.15. The molecule has 0 aliphatic carbocycles. The number of hydrogen-bond acceptors (Lipinski definition) is 3. The van der Waals surface area contributed by atoms with Gasteiger partial charge in [0.25, 0.3) is 0 Å². The number of unbranched alkanes of at least 4 members (excludes halogenated alkanes) is 6. The molecule has 0 saturated heterocycles. The summed E-state index contributed by atoms with van der Waals surface area (Å²) in [6.45, 7) is 3.16. The number of benzene rings is 3. The lowest BCUT2D eigenvalue weighted by atomic mass is 10.0. The number of hydrogen-bond donors (Lipinski definition) is 1. The fourth-order valence-corrected chi connectivity index (χ4v) is 4.15. The number of aromatic nitrogens is 2. The van der Waals surface area contributed by atoms with Gasteiger partial charge in [0.1, 0.15) is 5.75 Å². The quantitative estimate of drug-likeness (QED) is 0.217. The van der Waals surface area contributed by atoms with Crippen LogP contribution in [0.25, 0.3) is 21.8 Å². The zero-order valence-electron chi connectivity index (χ0n) is 18.3. The van der Waals surface area contributed by atoms with E-state index in [1.54, 1.807) is 12.3 Å². The van der Waals surface area contributed by atoms with Crippen LogP contribution in [0.15, 0.2) is 65.7 Å². The van der Waals surface area contributed by atoms with Gasteiger partial charge < -0.3 is 9.67 Å². The Hall–Kier alpha value is -3.14. The first kappa shape index (κ1) is 21.1. The second kappa shape index (κ2) is 10.3. The highest BCUT2D eigenvalue weighted by Gasteiger charge is 2.10. The van der Waals surface area contributed by atoms with E-state index >= 15 is 0 Å². The maximum Gasteiger partial charge on any atom is 0.230 e. The van der Waals surface area contributed by atoms with Crippen LogP contribution in [0.1, 0.15) is 57.4 Å². The van der Waals surface area contributed by atoms with Crippen LogP contribution in [0.4, 0.5) is 5.95 Å². The first-order chi connectivity index (χ1) is 15.3. The zero-order valence-corrected chi connectivity index (χ0v) is 18.3. The number of aromatic hydroxyl groups is 1. The van der Waals surface area contributed by atoms with E-state index in [0.29, 0.717) is 5.95 Å². The zero-order chi connectivity index (χ0) is 21.5. The molecule has 0 spiro atoms. The second-order valence-electron chi connectivity index (χ2n) is 8.15. The Morgan fingerprint density at radius 2 is 1.61 bits per heavy atom. The van der Waals surface area contributed by atoms with Gasteiger partial charge in [0.2, 0.25) is 5.95 Å². The number of rotatable bonds is 10. The summed E-state index contributed by atoms with van der Waals surface area (Å²) in [4.78, 5) is 9.49. The number of fused-ring (bicyclic) bond motifs is 2. The molecule has 4 heteroatoms. The van der Waals surface area contributed by atoms with Gasteiger partial charge in [0, 0.05) is 18.3 Å². The van der Waals surface area contributed by atoms with Gasteiger partial charge >= 0.3 is 0 Å². The van der Waals surface area contributed by atoms with Crippen LogP contribution in [-0.4, -0.2) is 20.9 Å². The van der Waals surface area contributed by atoms with Crippen LogP contribution in [0.5, 0.6) is 5.75 Å². The molecule has 0 aliphatic heterocycles. The Morgan fingerprint density at radius 3 is 2.48 bits per heavy atom. The summed E-state index contributed by atoms with van der Waals surface area (Å²) in [7, 11) is 0. The van der Waals surface area contributed by atoms with E-state index in [1.807, 2.05) is 42.5 Å². The maximum absolute atomic E-state index is 10.4. The normalized spacial score (nSPS) is 11.8. The molecule has 3 aromatic carbocycles. The third-order valence-corrected chi connectivity index (χ3v) is 5.88. The van der Waals surface area contributed by atoms with Gasteiger partial charge in [-0.1, -0.05) is 87.9 Å². The first-order valence-corrected chi connectivity index (χ1v) is 11.5. The van der Waals surface area contributed by atoms with Crippen molar-refractivity contribution in [3.63, 3.8) is 0 Å². The number of phenolic OH excluding ortho intramolecular Hbond substituents is 1. The Labute approximate surface area is 184 Å². The molecule has 4 nitrogen and oxygen atoms in total. The number of para-hydroxylation sites is 2. The molecule has 0 bridgehead atoms. The fourth-order valence-electron chi connectivity index (χ4n) is 4.15. The van der Waals surface area contributed by atoms with E-state index in [1.165, 1.54) is 38.5 Å². The molecule has 31 heavy (non-hydrogen) atoms. The maximum atomic E-state index is 10.4. The van der Waals surface area contributed by atoms with Crippen molar-refractivity contribution < 1.29 is 5.11 Å². The van der Waals surface area contributed by atoms with Gasteiger partial charge in [0.05, 0.1) is 11.0 Å². The predicted octanol–water partition coefficient (Wildman–Crippen LogP) is 7.40. The lowest BCUT2D eigenvalue weighted by Gasteiger charge is -2.07. The third kappa shape index (κ3) is 4.96. The van der Waals surface area contributed by atoms with Crippen LogP contribution in [0.2, 0.25) is 0 Å². The Balaban J connectivity index is 1.57. The molecule has 1 N–H and O–H groups in total. The smallest absolute Gasteiger partial charge is 0.230 e. The van der Waals surface area contributed by atoms with Gasteiger partial charge in [-0.05, 0) is 35.4 Å². The summed E-state index contributed by atoms with van der Waals surface area (Å²) >= 11 is 0. The number of aryl methyl sites for hydroxylation is 1. The second-order valence-corrected chi connectivity index (χ2v) is 8.15. The molecule has 0 radical (unpaired) electrons. The molecule has 1 heterocycles. The van der Waals surface area contributed by atoms with Gasteiger partial charge in [-0.3, -0.25) is 0 Å². The molecule has 0 unspecified atom stereocenters. The van der Waals surface area contributed by atoms with Crippen molar-refractivity contribution >= 4 is 34.0 Å². The molecule has 4 rings (SSSR count).